The van der Waals surface area contributed by atoms with Crippen LogP contribution in [0.5, 0.6) is 0 Å². The van der Waals surface area contributed by atoms with E-state index < -0.39 is 0 Å². The fraction of sp³-hybridized carbons (Fsp3) is 0.0556. The van der Waals surface area contributed by atoms with E-state index in [1.165, 1.54) is 0 Å². The highest BCUT2D eigenvalue weighted by atomic mass is 16.3. The SMILES string of the molecule is O=C(Cc1ccc2occc2c1)c1ccc2occc2c1. The molecular formula is C18H12O3. The Balaban J connectivity index is 1.64. The van der Waals surface area contributed by atoms with Crippen LogP contribution in [-0.2, 0) is 6.42 Å². The van der Waals surface area contributed by atoms with Crippen molar-refractivity contribution in [3.05, 3.63) is 72.2 Å². The first-order valence-electron chi connectivity index (χ1n) is 6.76. The van der Waals surface area contributed by atoms with E-state index >= 15 is 0 Å². The minimum atomic E-state index is 0.0981. The Kier molecular flexibility index (Phi) is 2.64. The number of carbonyl (C=O) groups excluding carboxylic acids is 1. The van der Waals surface area contributed by atoms with E-state index in [0.29, 0.717) is 12.0 Å². The van der Waals surface area contributed by atoms with Gasteiger partial charge in [0.25, 0.3) is 0 Å². The fourth-order valence-electron chi connectivity index (χ4n) is 2.55. The molecule has 0 spiro atoms. The maximum atomic E-state index is 12.4. The van der Waals surface area contributed by atoms with Gasteiger partial charge in [-0.2, -0.15) is 0 Å². The van der Waals surface area contributed by atoms with Gasteiger partial charge in [-0.15, -0.1) is 0 Å². The van der Waals surface area contributed by atoms with Gasteiger partial charge >= 0.3 is 0 Å². The van der Waals surface area contributed by atoms with Gasteiger partial charge in [0.2, 0.25) is 0 Å². The molecule has 0 aliphatic rings. The smallest absolute Gasteiger partial charge is 0.167 e. The summed E-state index contributed by atoms with van der Waals surface area (Å²) in [5.41, 5.74) is 3.33. The Bertz CT molecular complexity index is 943. The van der Waals surface area contributed by atoms with Gasteiger partial charge in [0.1, 0.15) is 11.2 Å². The molecule has 3 nitrogen and oxygen atoms in total. The molecule has 0 saturated heterocycles. The first kappa shape index (κ1) is 12.0. The van der Waals surface area contributed by atoms with E-state index in [1.807, 2.05) is 48.5 Å². The minimum absolute atomic E-state index is 0.0981. The molecule has 0 amide bonds. The second-order valence-electron chi connectivity index (χ2n) is 5.07. The molecule has 102 valence electrons. The molecule has 3 heteroatoms. The van der Waals surface area contributed by atoms with Crippen molar-refractivity contribution < 1.29 is 13.6 Å². The number of furan rings is 2. The van der Waals surface area contributed by atoms with Gasteiger partial charge in [0, 0.05) is 22.8 Å². The van der Waals surface area contributed by atoms with E-state index in [4.69, 9.17) is 8.83 Å². The van der Waals surface area contributed by atoms with Crippen LogP contribution in [0.4, 0.5) is 0 Å². The number of ketones is 1. The molecule has 4 aromatic rings. The molecule has 4 rings (SSSR count). The maximum Gasteiger partial charge on any atom is 0.167 e. The molecule has 21 heavy (non-hydrogen) atoms. The first-order chi connectivity index (χ1) is 10.3. The van der Waals surface area contributed by atoms with Crippen LogP contribution >= 0.6 is 0 Å². The van der Waals surface area contributed by atoms with Gasteiger partial charge in [-0.1, -0.05) is 6.07 Å². The van der Waals surface area contributed by atoms with Gasteiger partial charge in [-0.3, -0.25) is 4.79 Å². The van der Waals surface area contributed by atoms with E-state index in [-0.39, 0.29) is 5.78 Å². The summed E-state index contributed by atoms with van der Waals surface area (Å²) >= 11 is 0. The Morgan fingerprint density at radius 1 is 0.810 bits per heavy atom. The predicted molar refractivity (Wildman–Crippen MR) is 80.5 cm³/mol. The lowest BCUT2D eigenvalue weighted by Gasteiger charge is -2.02. The van der Waals surface area contributed by atoms with Crippen molar-refractivity contribution in [1.29, 1.82) is 0 Å². The minimum Gasteiger partial charge on any atom is -0.464 e. The van der Waals surface area contributed by atoms with Crippen molar-refractivity contribution in [3.8, 4) is 0 Å². The lowest BCUT2D eigenvalue weighted by molar-refractivity contribution is 0.0993. The Hall–Kier alpha value is -2.81. The molecule has 0 atom stereocenters. The van der Waals surface area contributed by atoms with Crippen LogP contribution in [0, 0.1) is 0 Å². The Morgan fingerprint density at radius 2 is 1.48 bits per heavy atom. The lowest BCUT2D eigenvalue weighted by atomic mass is 10.0. The molecule has 0 fully saturated rings. The van der Waals surface area contributed by atoms with Crippen LogP contribution in [0.2, 0.25) is 0 Å². The highest BCUT2D eigenvalue weighted by Crippen LogP contribution is 2.20. The van der Waals surface area contributed by atoms with Crippen molar-refractivity contribution in [2.24, 2.45) is 0 Å². The molecule has 0 N–H and O–H groups in total. The largest absolute Gasteiger partial charge is 0.464 e. The topological polar surface area (TPSA) is 43.4 Å². The third kappa shape index (κ3) is 2.13. The maximum absolute atomic E-state index is 12.4. The summed E-state index contributed by atoms with van der Waals surface area (Å²) in [6, 6.07) is 15.1. The molecule has 0 saturated carbocycles. The van der Waals surface area contributed by atoms with Gasteiger partial charge in [-0.05, 0) is 48.0 Å². The normalized spacial score (nSPS) is 11.2. The van der Waals surface area contributed by atoms with E-state index in [9.17, 15) is 4.79 Å². The molecule has 0 aliphatic carbocycles. The zero-order valence-corrected chi connectivity index (χ0v) is 11.2. The van der Waals surface area contributed by atoms with Crippen molar-refractivity contribution in [2.45, 2.75) is 6.42 Å². The van der Waals surface area contributed by atoms with Crippen LogP contribution in [0.25, 0.3) is 21.9 Å². The third-order valence-electron chi connectivity index (χ3n) is 3.66. The average Bonchev–Trinajstić information content (AvgIpc) is 3.14. The molecule has 2 aromatic heterocycles. The summed E-state index contributed by atoms with van der Waals surface area (Å²) in [6.45, 7) is 0. The first-order valence-corrected chi connectivity index (χ1v) is 6.76. The zero-order chi connectivity index (χ0) is 14.2. The van der Waals surface area contributed by atoms with Crippen LogP contribution in [0.3, 0.4) is 0 Å². The van der Waals surface area contributed by atoms with Crippen LogP contribution < -0.4 is 0 Å². The third-order valence-corrected chi connectivity index (χ3v) is 3.66. The average molecular weight is 276 g/mol. The quantitative estimate of drug-likeness (QED) is 0.513. The lowest BCUT2D eigenvalue weighted by Crippen LogP contribution is -2.03. The van der Waals surface area contributed by atoms with Crippen molar-refractivity contribution in [2.75, 3.05) is 0 Å². The van der Waals surface area contributed by atoms with E-state index in [1.54, 1.807) is 12.5 Å². The molecule has 2 heterocycles. The molecule has 0 unspecified atom stereocenters. The van der Waals surface area contributed by atoms with E-state index in [0.717, 1.165) is 27.5 Å². The summed E-state index contributed by atoms with van der Waals surface area (Å²) in [6.07, 6.45) is 3.67. The van der Waals surface area contributed by atoms with Crippen molar-refractivity contribution in [1.82, 2.24) is 0 Å². The predicted octanol–water partition coefficient (Wildman–Crippen LogP) is 4.60. The number of carbonyl (C=O) groups is 1. The number of hydrogen-bond donors (Lipinski definition) is 0. The monoisotopic (exact) mass is 276 g/mol. The molecule has 0 radical (unpaired) electrons. The second-order valence-corrected chi connectivity index (χ2v) is 5.07. The summed E-state index contributed by atoms with van der Waals surface area (Å²) in [5.74, 6) is 0.0981. The van der Waals surface area contributed by atoms with Crippen molar-refractivity contribution >= 4 is 27.7 Å². The number of fused-ring (bicyclic) bond motifs is 2. The second kappa shape index (κ2) is 4.63. The number of hydrogen-bond acceptors (Lipinski definition) is 3. The number of rotatable bonds is 3. The Morgan fingerprint density at radius 3 is 2.24 bits per heavy atom. The molecular weight excluding hydrogens is 264 g/mol. The Labute approximate surface area is 120 Å². The molecule has 0 bridgehead atoms. The standard InChI is InChI=1S/C18H12O3/c19-16(13-2-4-18-15(11-13)6-8-21-18)10-12-1-3-17-14(9-12)5-7-20-17/h1-9,11H,10H2. The summed E-state index contributed by atoms with van der Waals surface area (Å²) < 4.78 is 10.6. The van der Waals surface area contributed by atoms with Gasteiger partial charge in [-0.25, -0.2) is 0 Å². The fourth-order valence-corrected chi connectivity index (χ4v) is 2.55. The molecule has 0 aliphatic heterocycles. The summed E-state index contributed by atoms with van der Waals surface area (Å²) in [4.78, 5) is 12.4. The van der Waals surface area contributed by atoms with Gasteiger partial charge in [0.05, 0.1) is 12.5 Å². The van der Waals surface area contributed by atoms with E-state index in [2.05, 4.69) is 0 Å². The van der Waals surface area contributed by atoms with Crippen LogP contribution in [-0.4, -0.2) is 5.78 Å². The zero-order valence-electron chi connectivity index (χ0n) is 11.2. The highest BCUT2D eigenvalue weighted by molar-refractivity contribution is 6.00. The summed E-state index contributed by atoms with van der Waals surface area (Å²) in [7, 11) is 0. The summed E-state index contributed by atoms with van der Waals surface area (Å²) in [5, 5.41) is 1.97. The van der Waals surface area contributed by atoms with Crippen molar-refractivity contribution in [3.63, 3.8) is 0 Å². The van der Waals surface area contributed by atoms with Gasteiger partial charge < -0.3 is 8.83 Å². The molecule has 2 aromatic carbocycles. The van der Waals surface area contributed by atoms with Crippen LogP contribution in [0.15, 0.2) is 69.9 Å². The highest BCUT2D eigenvalue weighted by Gasteiger charge is 2.09. The van der Waals surface area contributed by atoms with Gasteiger partial charge in [0.15, 0.2) is 5.78 Å². The number of Topliss-reactive ketones (excluding diaryl/α,β-unsaturated/α-hetero) is 1. The number of benzene rings is 2. The van der Waals surface area contributed by atoms with Crippen LogP contribution in [0.1, 0.15) is 15.9 Å².